The molecular formula is C62H65ClN8O2. The van der Waals surface area contributed by atoms with E-state index in [0.29, 0.717) is 30.1 Å². The van der Waals surface area contributed by atoms with Crippen molar-refractivity contribution in [2.24, 2.45) is 0 Å². The van der Waals surface area contributed by atoms with Gasteiger partial charge in [-0.05, 0) is 110 Å². The van der Waals surface area contributed by atoms with Gasteiger partial charge in [-0.1, -0.05) is 163 Å². The summed E-state index contributed by atoms with van der Waals surface area (Å²) < 4.78 is 13.7. The molecule has 10 nitrogen and oxygen atoms in total. The monoisotopic (exact) mass is 988 g/mol. The average Bonchev–Trinajstić information content (AvgIpc) is 4.16. The van der Waals surface area contributed by atoms with Crippen LogP contribution in [-0.2, 0) is 31.5 Å². The van der Waals surface area contributed by atoms with Crippen molar-refractivity contribution in [3.8, 4) is 23.1 Å². The molecule has 1 N–H and O–H groups in total. The fourth-order valence-electron chi connectivity index (χ4n) is 9.82. The van der Waals surface area contributed by atoms with Crippen LogP contribution in [0.2, 0.25) is 5.15 Å². The van der Waals surface area contributed by atoms with E-state index in [1.165, 1.54) is 45.4 Å². The van der Waals surface area contributed by atoms with Gasteiger partial charge in [0.05, 0.1) is 49.1 Å². The van der Waals surface area contributed by atoms with Gasteiger partial charge in [-0.15, -0.1) is 0 Å². The molecule has 0 saturated heterocycles. The Bertz CT molecular complexity index is 2940. The molecule has 0 aliphatic carbocycles. The fourth-order valence-corrected chi connectivity index (χ4v) is 9.98. The molecule has 0 atom stereocenters. The number of nitrogens with zero attached hydrogens (tertiary/aromatic N) is 7. The number of imidazole rings is 2. The van der Waals surface area contributed by atoms with Gasteiger partial charge in [0.25, 0.3) is 0 Å². The molecule has 0 unspecified atom stereocenters. The number of pyridine rings is 2. The normalized spacial score (nSPS) is 13.3. The van der Waals surface area contributed by atoms with Crippen molar-refractivity contribution in [1.29, 1.82) is 0 Å². The van der Waals surface area contributed by atoms with Gasteiger partial charge in [0.15, 0.2) is 0 Å². The number of benzene rings is 5. The highest BCUT2D eigenvalue weighted by molar-refractivity contribution is 6.29. The molecule has 0 amide bonds. The van der Waals surface area contributed by atoms with Crippen molar-refractivity contribution in [3.05, 3.63) is 251 Å². The Morgan fingerprint density at radius 2 is 1.04 bits per heavy atom. The summed E-state index contributed by atoms with van der Waals surface area (Å²) in [5.41, 5.74) is 11.9. The number of hydrogen-bond acceptors (Lipinski definition) is 8. The minimum Gasteiger partial charge on any atom is -0.478 e. The van der Waals surface area contributed by atoms with Gasteiger partial charge in [-0.25, -0.2) is 19.9 Å². The van der Waals surface area contributed by atoms with Crippen molar-refractivity contribution < 1.29 is 9.47 Å². The molecule has 6 heterocycles. The molecule has 0 bridgehead atoms. The summed E-state index contributed by atoms with van der Waals surface area (Å²) in [5.74, 6) is 1.28. The zero-order chi connectivity index (χ0) is 49.9. The van der Waals surface area contributed by atoms with Crippen LogP contribution in [0.15, 0.2) is 201 Å². The molecule has 2 aliphatic rings. The highest BCUT2D eigenvalue weighted by Gasteiger charge is 2.38. The lowest BCUT2D eigenvalue weighted by Crippen LogP contribution is -2.36. The number of aromatic amines is 1. The third-order valence-electron chi connectivity index (χ3n) is 13.5. The molecule has 2 aliphatic heterocycles. The number of H-pyrrole nitrogens is 1. The number of hydrogen-bond donors (Lipinski definition) is 1. The highest BCUT2D eigenvalue weighted by Crippen LogP contribution is 2.40. The number of nitrogens with one attached hydrogen (secondary N) is 1. The van der Waals surface area contributed by atoms with Crippen LogP contribution in [0.5, 0.6) is 11.8 Å². The molecule has 5 aromatic carbocycles. The Morgan fingerprint density at radius 3 is 1.52 bits per heavy atom. The van der Waals surface area contributed by atoms with Crippen LogP contribution in [-0.4, -0.2) is 78.7 Å². The Kier molecular flexibility index (Phi) is 17.9. The Morgan fingerprint density at radius 1 is 0.548 bits per heavy atom. The smallest absolute Gasteiger partial charge is 0.214 e. The molecule has 11 rings (SSSR count). The maximum absolute atomic E-state index is 5.83. The molecule has 4 aromatic heterocycles. The molecule has 0 spiro atoms. The standard InChI is InChI=1S/C23H20N2.C21H24N4O.C18H21ClN2O/c1-19-17-25(18-24-19)23(20-11-5-2-6-12-20,21-13-7-3-8-14-21)22-15-9-4-10-16-22;1-2-7-18-15-25(12-10-17(18)6-1)11-3-4-13-26-21-9-5-8-19(24-21)20-14-22-16-23-20;19-17-8-5-9-18(20-17)22-13-4-3-11-21-12-10-15-6-1-2-7-16(15)14-21/h2-18H,1H3;1-2,5-9,14,16H,3-4,10-13,15H2,(H,22,23);1-2,5-9H,3-4,10-14H2. The highest BCUT2D eigenvalue weighted by atomic mass is 35.5. The summed E-state index contributed by atoms with van der Waals surface area (Å²) in [6, 6.07) is 60.7. The van der Waals surface area contributed by atoms with Crippen LogP contribution < -0.4 is 9.47 Å². The third-order valence-corrected chi connectivity index (χ3v) is 13.7. The molecule has 0 radical (unpaired) electrons. The van der Waals surface area contributed by atoms with Gasteiger partial charge in [0.1, 0.15) is 10.7 Å². The molecule has 0 saturated carbocycles. The topological polar surface area (TPSA) is 97.2 Å². The van der Waals surface area contributed by atoms with E-state index in [1.807, 2.05) is 43.6 Å². The van der Waals surface area contributed by atoms with Crippen LogP contribution in [0.4, 0.5) is 0 Å². The Balaban J connectivity index is 0.000000135. The number of unbranched alkanes of at least 4 members (excludes halogenated alkanes) is 2. The lowest BCUT2D eigenvalue weighted by Gasteiger charge is -2.37. The average molecular weight is 990 g/mol. The molecule has 73 heavy (non-hydrogen) atoms. The van der Waals surface area contributed by atoms with Crippen LogP contribution in [0, 0.1) is 6.92 Å². The van der Waals surface area contributed by atoms with Crippen molar-refractivity contribution in [2.75, 3.05) is 39.4 Å². The number of aryl methyl sites for hydroxylation is 1. The summed E-state index contributed by atoms with van der Waals surface area (Å²) in [4.78, 5) is 25.3. The quantitative estimate of drug-likeness (QED) is 0.0547. The number of aromatic nitrogens is 6. The first-order valence-electron chi connectivity index (χ1n) is 25.6. The maximum Gasteiger partial charge on any atom is 0.214 e. The maximum atomic E-state index is 5.83. The summed E-state index contributed by atoms with van der Waals surface area (Å²) in [7, 11) is 0. The van der Waals surface area contributed by atoms with Gasteiger partial charge in [-0.2, -0.15) is 0 Å². The van der Waals surface area contributed by atoms with Gasteiger partial charge < -0.3 is 19.0 Å². The van der Waals surface area contributed by atoms with Gasteiger partial charge in [-0.3, -0.25) is 9.80 Å². The molecule has 0 fully saturated rings. The first kappa shape index (κ1) is 50.6. The van der Waals surface area contributed by atoms with Crippen molar-refractivity contribution in [3.63, 3.8) is 0 Å². The molecule has 9 aromatic rings. The van der Waals surface area contributed by atoms with Crippen molar-refractivity contribution in [2.45, 2.75) is 64.1 Å². The minimum atomic E-state index is -0.453. The van der Waals surface area contributed by atoms with E-state index in [-0.39, 0.29) is 0 Å². The number of halogens is 1. The van der Waals surface area contributed by atoms with E-state index < -0.39 is 5.54 Å². The van der Waals surface area contributed by atoms with Crippen LogP contribution >= 0.6 is 11.6 Å². The summed E-state index contributed by atoms with van der Waals surface area (Å²) in [6.45, 7) is 10.1. The molecular weight excluding hydrogens is 924 g/mol. The number of rotatable bonds is 17. The van der Waals surface area contributed by atoms with Crippen LogP contribution in [0.25, 0.3) is 11.4 Å². The lowest BCUT2D eigenvalue weighted by molar-refractivity contribution is 0.233. The Labute approximate surface area is 435 Å². The predicted molar refractivity (Wildman–Crippen MR) is 293 cm³/mol. The van der Waals surface area contributed by atoms with E-state index in [4.69, 9.17) is 21.1 Å². The van der Waals surface area contributed by atoms with E-state index in [1.54, 1.807) is 18.6 Å². The molecule has 372 valence electrons. The predicted octanol–water partition coefficient (Wildman–Crippen LogP) is 12.7. The lowest BCUT2D eigenvalue weighted by atomic mass is 9.77. The second kappa shape index (κ2) is 25.8. The zero-order valence-electron chi connectivity index (χ0n) is 41.8. The van der Waals surface area contributed by atoms with Gasteiger partial charge >= 0.3 is 0 Å². The third kappa shape index (κ3) is 13.6. The van der Waals surface area contributed by atoms with Crippen molar-refractivity contribution in [1.82, 2.24) is 39.3 Å². The first-order chi connectivity index (χ1) is 36.0. The van der Waals surface area contributed by atoms with Crippen LogP contribution in [0.1, 0.15) is 70.3 Å². The first-order valence-corrected chi connectivity index (χ1v) is 26.0. The number of fused-ring (bicyclic) bond motifs is 2. The second-order valence-corrected chi connectivity index (χ2v) is 18.9. The van der Waals surface area contributed by atoms with E-state index in [0.717, 1.165) is 88.5 Å². The molecule has 11 heteroatoms. The second-order valence-electron chi connectivity index (χ2n) is 18.6. The minimum absolute atomic E-state index is 0.453. The summed E-state index contributed by atoms with van der Waals surface area (Å²) in [5, 5.41) is 0.476. The van der Waals surface area contributed by atoms with Gasteiger partial charge in [0, 0.05) is 44.5 Å². The summed E-state index contributed by atoms with van der Waals surface area (Å²) >= 11 is 5.83. The van der Waals surface area contributed by atoms with E-state index in [9.17, 15) is 0 Å². The SMILES string of the molecule is Cc1cn(C(c2ccccc2)(c2ccccc2)c2ccccc2)cn1.Clc1cccc(OCCCCN2CCc3ccccc3C2)n1.c1cc(OCCCCN2CCc3ccccc3C2)nc(-c2cnc[nH]2)c1. The fraction of sp³-hybridized carbons (Fsp3) is 0.258. The van der Waals surface area contributed by atoms with E-state index >= 15 is 0 Å². The largest absolute Gasteiger partial charge is 0.478 e. The van der Waals surface area contributed by atoms with E-state index in [2.05, 4.69) is 185 Å². The van der Waals surface area contributed by atoms with Crippen LogP contribution in [0.3, 0.4) is 0 Å². The zero-order valence-corrected chi connectivity index (χ0v) is 42.5. The van der Waals surface area contributed by atoms with Gasteiger partial charge in [0.2, 0.25) is 11.8 Å². The summed E-state index contributed by atoms with van der Waals surface area (Å²) in [6.07, 6.45) is 14.2. The van der Waals surface area contributed by atoms with Crippen molar-refractivity contribution >= 4 is 11.6 Å². The number of ether oxygens (including phenoxy) is 2. The Hall–Kier alpha value is -7.37.